The van der Waals surface area contributed by atoms with Crippen molar-refractivity contribution >= 4 is 15.9 Å². The van der Waals surface area contributed by atoms with E-state index in [1.807, 2.05) is 0 Å². The van der Waals surface area contributed by atoms with E-state index in [1.54, 1.807) is 39.1 Å². The molecule has 1 saturated heterocycles. The molecule has 0 radical (unpaired) electrons. The molecule has 8 heteroatoms. The molecule has 0 bridgehead atoms. The number of amides is 1. The van der Waals surface area contributed by atoms with Gasteiger partial charge in [0, 0.05) is 31.8 Å². The number of carbonyl (C=O) groups is 1. The summed E-state index contributed by atoms with van der Waals surface area (Å²) < 4.78 is 32.4. The fourth-order valence-electron chi connectivity index (χ4n) is 3.26. The molecule has 0 spiro atoms. The Bertz CT molecular complexity index is 930. The highest BCUT2D eigenvalue weighted by atomic mass is 32.2. The Kier molecular flexibility index (Phi) is 5.67. The molecule has 1 aromatic carbocycles. The summed E-state index contributed by atoms with van der Waals surface area (Å²) in [5.74, 6) is 0.431. The lowest BCUT2D eigenvalue weighted by atomic mass is 10.1. The molecule has 0 atom stereocenters. The summed E-state index contributed by atoms with van der Waals surface area (Å²) in [6.45, 7) is 4.95. The summed E-state index contributed by atoms with van der Waals surface area (Å²) in [4.78, 5) is 14.6. The molecule has 0 unspecified atom stereocenters. The number of rotatable bonds is 5. The van der Waals surface area contributed by atoms with Gasteiger partial charge in [0.05, 0.1) is 11.4 Å². The van der Waals surface area contributed by atoms with Crippen molar-refractivity contribution in [2.24, 2.45) is 0 Å². The normalized spacial score (nSPS) is 15.7. The molecule has 2 aromatic rings. The van der Waals surface area contributed by atoms with Gasteiger partial charge in [0.15, 0.2) is 0 Å². The van der Waals surface area contributed by atoms with Gasteiger partial charge in [0.25, 0.3) is 5.91 Å². The van der Waals surface area contributed by atoms with Crippen molar-refractivity contribution in [2.75, 3.05) is 20.1 Å². The fourth-order valence-corrected chi connectivity index (χ4v) is 4.80. The third kappa shape index (κ3) is 4.22. The maximum absolute atomic E-state index is 12.9. The number of piperidine rings is 1. The van der Waals surface area contributed by atoms with Gasteiger partial charge in [-0.1, -0.05) is 17.6 Å². The van der Waals surface area contributed by atoms with E-state index in [-0.39, 0.29) is 10.8 Å². The summed E-state index contributed by atoms with van der Waals surface area (Å²) in [6.07, 6.45) is 2.80. The summed E-state index contributed by atoms with van der Waals surface area (Å²) >= 11 is 0. The third-order valence-corrected chi connectivity index (χ3v) is 6.71. The van der Waals surface area contributed by atoms with Crippen LogP contribution in [0.3, 0.4) is 0 Å². The quantitative estimate of drug-likeness (QED) is 0.782. The zero-order valence-corrected chi connectivity index (χ0v) is 16.8. The van der Waals surface area contributed by atoms with Crippen molar-refractivity contribution in [2.45, 2.75) is 44.6 Å². The molecule has 0 aliphatic carbocycles. The lowest BCUT2D eigenvalue weighted by Crippen LogP contribution is -2.35. The number of sulfonamides is 1. The van der Waals surface area contributed by atoms with Gasteiger partial charge in [0.1, 0.15) is 11.5 Å². The Morgan fingerprint density at radius 3 is 2.52 bits per heavy atom. The van der Waals surface area contributed by atoms with Crippen LogP contribution in [0, 0.1) is 13.8 Å². The smallest absolute Gasteiger partial charge is 0.254 e. The summed E-state index contributed by atoms with van der Waals surface area (Å²) in [5.41, 5.74) is 1.77. The van der Waals surface area contributed by atoms with Gasteiger partial charge in [-0.2, -0.15) is 4.31 Å². The zero-order valence-electron chi connectivity index (χ0n) is 15.9. The first kappa shape index (κ1) is 19.6. The van der Waals surface area contributed by atoms with Crippen LogP contribution in [0.5, 0.6) is 0 Å². The van der Waals surface area contributed by atoms with Crippen molar-refractivity contribution in [3.05, 3.63) is 46.8 Å². The van der Waals surface area contributed by atoms with E-state index in [2.05, 4.69) is 5.16 Å². The van der Waals surface area contributed by atoms with E-state index in [1.165, 1.54) is 15.3 Å². The molecule has 1 aromatic heterocycles. The van der Waals surface area contributed by atoms with Crippen molar-refractivity contribution in [3.63, 3.8) is 0 Å². The van der Waals surface area contributed by atoms with E-state index < -0.39 is 10.0 Å². The Hall–Kier alpha value is -2.19. The van der Waals surface area contributed by atoms with Crippen molar-refractivity contribution in [3.8, 4) is 0 Å². The minimum atomic E-state index is -3.58. The molecule has 1 aliphatic rings. The van der Waals surface area contributed by atoms with Crippen LogP contribution in [-0.4, -0.2) is 48.8 Å². The van der Waals surface area contributed by atoms with Crippen LogP contribution in [0.4, 0.5) is 0 Å². The number of hydrogen-bond acceptors (Lipinski definition) is 5. The topological polar surface area (TPSA) is 83.7 Å². The maximum atomic E-state index is 12.9. The first-order chi connectivity index (χ1) is 12.8. The number of nitrogens with zero attached hydrogens (tertiary/aromatic N) is 3. The average molecular weight is 391 g/mol. The minimum absolute atomic E-state index is 0.170. The van der Waals surface area contributed by atoms with Crippen LogP contribution < -0.4 is 0 Å². The number of hydrogen-bond donors (Lipinski definition) is 0. The lowest BCUT2D eigenvalue weighted by Gasteiger charge is -2.26. The number of benzene rings is 1. The summed E-state index contributed by atoms with van der Waals surface area (Å²) in [6, 6.07) is 6.54. The molecule has 2 heterocycles. The molecule has 1 aliphatic heterocycles. The molecule has 3 rings (SSSR count). The second-order valence-electron chi connectivity index (χ2n) is 7.03. The molecular weight excluding hydrogens is 366 g/mol. The largest absolute Gasteiger partial charge is 0.361 e. The SMILES string of the molecule is Cc1cc(CN(C)C(=O)c2cc(S(=O)(=O)N3CCCCC3)ccc2C)no1. The van der Waals surface area contributed by atoms with E-state index in [0.29, 0.717) is 36.7 Å². The highest BCUT2D eigenvalue weighted by Crippen LogP contribution is 2.23. The van der Waals surface area contributed by atoms with Crippen LogP contribution in [-0.2, 0) is 16.6 Å². The molecule has 27 heavy (non-hydrogen) atoms. The maximum Gasteiger partial charge on any atom is 0.254 e. The van der Waals surface area contributed by atoms with E-state index in [9.17, 15) is 13.2 Å². The van der Waals surface area contributed by atoms with Crippen LogP contribution in [0.2, 0.25) is 0 Å². The molecule has 146 valence electrons. The van der Waals surface area contributed by atoms with Gasteiger partial charge < -0.3 is 9.42 Å². The number of aryl methyl sites for hydroxylation is 2. The molecule has 7 nitrogen and oxygen atoms in total. The Balaban J connectivity index is 1.85. The standard InChI is InChI=1S/C19H25N3O4S/c1-14-7-8-17(27(24,25)22-9-5-4-6-10-22)12-18(14)19(23)21(3)13-16-11-15(2)26-20-16/h7-8,11-12H,4-6,9-10,13H2,1-3H3. The zero-order chi connectivity index (χ0) is 19.6. The van der Waals surface area contributed by atoms with Gasteiger partial charge in [-0.25, -0.2) is 8.42 Å². The first-order valence-electron chi connectivity index (χ1n) is 9.07. The second kappa shape index (κ2) is 7.82. The van der Waals surface area contributed by atoms with Gasteiger partial charge in [-0.3, -0.25) is 4.79 Å². The predicted molar refractivity (Wildman–Crippen MR) is 101 cm³/mol. The van der Waals surface area contributed by atoms with E-state index >= 15 is 0 Å². The molecule has 0 N–H and O–H groups in total. The third-order valence-electron chi connectivity index (χ3n) is 4.81. The van der Waals surface area contributed by atoms with Gasteiger partial charge in [0.2, 0.25) is 10.0 Å². The Morgan fingerprint density at radius 1 is 1.19 bits per heavy atom. The summed E-state index contributed by atoms with van der Waals surface area (Å²) in [7, 11) is -1.92. The fraction of sp³-hybridized carbons (Fsp3) is 0.474. The van der Waals surface area contributed by atoms with Crippen LogP contribution in [0.1, 0.15) is 46.6 Å². The van der Waals surface area contributed by atoms with E-state index in [4.69, 9.17) is 4.52 Å². The second-order valence-corrected chi connectivity index (χ2v) is 8.97. The van der Waals surface area contributed by atoms with Crippen LogP contribution >= 0.6 is 0 Å². The van der Waals surface area contributed by atoms with E-state index in [0.717, 1.165) is 24.8 Å². The van der Waals surface area contributed by atoms with Crippen molar-refractivity contribution in [1.29, 1.82) is 0 Å². The van der Waals surface area contributed by atoms with Crippen LogP contribution in [0.15, 0.2) is 33.7 Å². The van der Waals surface area contributed by atoms with Crippen molar-refractivity contribution < 1.29 is 17.7 Å². The molecule has 1 fully saturated rings. The monoisotopic (exact) mass is 391 g/mol. The lowest BCUT2D eigenvalue weighted by molar-refractivity contribution is 0.0781. The predicted octanol–water partition coefficient (Wildman–Crippen LogP) is 2.74. The minimum Gasteiger partial charge on any atom is -0.361 e. The molecule has 0 saturated carbocycles. The number of aromatic nitrogens is 1. The van der Waals surface area contributed by atoms with Crippen LogP contribution in [0.25, 0.3) is 0 Å². The number of carbonyl (C=O) groups excluding carboxylic acids is 1. The Morgan fingerprint density at radius 2 is 1.89 bits per heavy atom. The summed E-state index contributed by atoms with van der Waals surface area (Å²) in [5, 5.41) is 3.90. The first-order valence-corrected chi connectivity index (χ1v) is 10.5. The van der Waals surface area contributed by atoms with Gasteiger partial charge in [-0.15, -0.1) is 0 Å². The average Bonchev–Trinajstić information content (AvgIpc) is 3.06. The van der Waals surface area contributed by atoms with Crippen molar-refractivity contribution in [1.82, 2.24) is 14.4 Å². The Labute approximate surface area is 160 Å². The highest BCUT2D eigenvalue weighted by molar-refractivity contribution is 7.89. The molecule has 1 amide bonds. The van der Waals surface area contributed by atoms with Gasteiger partial charge >= 0.3 is 0 Å². The highest BCUT2D eigenvalue weighted by Gasteiger charge is 2.27. The molecular formula is C19H25N3O4S. The van der Waals surface area contributed by atoms with Gasteiger partial charge in [-0.05, 0) is 44.4 Å².